The van der Waals surface area contributed by atoms with E-state index in [-0.39, 0.29) is 0 Å². The number of hydrogen-bond acceptors (Lipinski definition) is 0. The van der Waals surface area contributed by atoms with Gasteiger partial charge in [-0.3, -0.25) is 0 Å². The highest BCUT2D eigenvalue weighted by atomic mass is 14.3. The SMILES string of the molecule is Cc1ccc2cc(CC(CC3CCCCC3)C(C)C)ccc2c1. The van der Waals surface area contributed by atoms with Crippen molar-refractivity contribution >= 4 is 10.8 Å². The van der Waals surface area contributed by atoms with E-state index in [0.717, 1.165) is 17.8 Å². The predicted octanol–water partition coefficient (Wildman–Crippen LogP) is 6.93. The minimum atomic E-state index is 0.783. The van der Waals surface area contributed by atoms with Gasteiger partial charge in [-0.05, 0) is 53.9 Å². The molecular formula is C23H32. The molecule has 0 bridgehead atoms. The molecule has 0 heteroatoms. The Kier molecular flexibility index (Phi) is 5.41. The molecule has 0 nitrogen and oxygen atoms in total. The van der Waals surface area contributed by atoms with Gasteiger partial charge < -0.3 is 0 Å². The first-order valence-corrected chi connectivity index (χ1v) is 9.61. The van der Waals surface area contributed by atoms with Crippen LogP contribution in [0, 0.1) is 24.7 Å². The van der Waals surface area contributed by atoms with Crippen LogP contribution < -0.4 is 0 Å². The van der Waals surface area contributed by atoms with E-state index in [0.29, 0.717) is 0 Å². The summed E-state index contributed by atoms with van der Waals surface area (Å²) in [4.78, 5) is 0. The van der Waals surface area contributed by atoms with Crippen LogP contribution in [0.1, 0.15) is 63.5 Å². The summed E-state index contributed by atoms with van der Waals surface area (Å²) in [6.07, 6.45) is 10.0. The van der Waals surface area contributed by atoms with Gasteiger partial charge in [-0.1, -0.05) is 87.9 Å². The molecule has 124 valence electrons. The van der Waals surface area contributed by atoms with Gasteiger partial charge in [0.2, 0.25) is 0 Å². The van der Waals surface area contributed by atoms with Gasteiger partial charge >= 0.3 is 0 Å². The number of benzene rings is 2. The van der Waals surface area contributed by atoms with Crippen LogP contribution in [-0.2, 0) is 6.42 Å². The molecule has 2 aromatic rings. The Bertz CT molecular complexity index is 632. The Morgan fingerprint density at radius 1 is 0.913 bits per heavy atom. The van der Waals surface area contributed by atoms with Crippen molar-refractivity contribution in [3.63, 3.8) is 0 Å². The molecule has 1 aliphatic carbocycles. The Balaban J connectivity index is 1.72. The van der Waals surface area contributed by atoms with E-state index in [1.165, 1.54) is 66.8 Å². The van der Waals surface area contributed by atoms with Gasteiger partial charge in [0.15, 0.2) is 0 Å². The average molecular weight is 309 g/mol. The lowest BCUT2D eigenvalue weighted by Crippen LogP contribution is -2.18. The third-order valence-corrected chi connectivity index (χ3v) is 5.86. The van der Waals surface area contributed by atoms with Crippen LogP contribution in [0.2, 0.25) is 0 Å². The fraction of sp³-hybridized carbons (Fsp3) is 0.565. The third-order valence-electron chi connectivity index (χ3n) is 5.86. The molecule has 3 rings (SSSR count). The second-order valence-electron chi connectivity index (χ2n) is 8.13. The first kappa shape index (κ1) is 16.6. The molecule has 0 spiro atoms. The summed E-state index contributed by atoms with van der Waals surface area (Å²) < 4.78 is 0. The quantitative estimate of drug-likeness (QED) is 0.561. The normalized spacial score (nSPS) is 17.7. The molecule has 2 aromatic carbocycles. The summed E-state index contributed by atoms with van der Waals surface area (Å²) in [5.74, 6) is 2.60. The number of fused-ring (bicyclic) bond motifs is 1. The van der Waals surface area contributed by atoms with Crippen molar-refractivity contribution in [3.05, 3.63) is 47.5 Å². The third kappa shape index (κ3) is 4.37. The maximum atomic E-state index is 2.42. The first-order chi connectivity index (χ1) is 11.1. The lowest BCUT2D eigenvalue weighted by Gasteiger charge is -2.29. The van der Waals surface area contributed by atoms with Crippen molar-refractivity contribution in [1.82, 2.24) is 0 Å². The molecule has 23 heavy (non-hydrogen) atoms. The molecule has 1 aliphatic rings. The highest BCUT2D eigenvalue weighted by molar-refractivity contribution is 5.83. The average Bonchev–Trinajstić information content (AvgIpc) is 2.55. The minimum Gasteiger partial charge on any atom is -0.0625 e. The van der Waals surface area contributed by atoms with Crippen LogP contribution >= 0.6 is 0 Å². The van der Waals surface area contributed by atoms with E-state index in [4.69, 9.17) is 0 Å². The second-order valence-corrected chi connectivity index (χ2v) is 8.13. The maximum absolute atomic E-state index is 2.42. The number of rotatable bonds is 5. The summed E-state index contributed by atoms with van der Waals surface area (Å²) in [7, 11) is 0. The van der Waals surface area contributed by atoms with Crippen molar-refractivity contribution in [2.45, 2.75) is 65.7 Å². The van der Waals surface area contributed by atoms with Gasteiger partial charge in [-0.25, -0.2) is 0 Å². The molecule has 0 N–H and O–H groups in total. The second kappa shape index (κ2) is 7.51. The fourth-order valence-corrected chi connectivity index (χ4v) is 4.29. The maximum Gasteiger partial charge on any atom is -0.0181 e. The van der Waals surface area contributed by atoms with Gasteiger partial charge in [0, 0.05) is 0 Å². The molecule has 0 saturated heterocycles. The van der Waals surface area contributed by atoms with E-state index >= 15 is 0 Å². The molecule has 0 heterocycles. The Hall–Kier alpha value is -1.30. The first-order valence-electron chi connectivity index (χ1n) is 9.61. The van der Waals surface area contributed by atoms with Crippen molar-refractivity contribution in [2.24, 2.45) is 17.8 Å². The zero-order valence-corrected chi connectivity index (χ0v) is 15.1. The summed E-state index contributed by atoms with van der Waals surface area (Å²) in [5.41, 5.74) is 2.87. The topological polar surface area (TPSA) is 0 Å². The smallest absolute Gasteiger partial charge is 0.0181 e. The van der Waals surface area contributed by atoms with E-state index in [1.54, 1.807) is 0 Å². The Morgan fingerprint density at radius 2 is 1.61 bits per heavy atom. The Morgan fingerprint density at radius 3 is 2.35 bits per heavy atom. The summed E-state index contributed by atoms with van der Waals surface area (Å²) in [6.45, 7) is 7.00. The highest BCUT2D eigenvalue weighted by Crippen LogP contribution is 2.33. The molecule has 0 radical (unpaired) electrons. The van der Waals surface area contributed by atoms with E-state index < -0.39 is 0 Å². The summed E-state index contributed by atoms with van der Waals surface area (Å²) in [6, 6.07) is 13.9. The van der Waals surface area contributed by atoms with Crippen molar-refractivity contribution in [2.75, 3.05) is 0 Å². The van der Waals surface area contributed by atoms with Crippen molar-refractivity contribution in [3.8, 4) is 0 Å². The van der Waals surface area contributed by atoms with Crippen molar-refractivity contribution < 1.29 is 0 Å². The van der Waals surface area contributed by atoms with Crippen molar-refractivity contribution in [1.29, 1.82) is 0 Å². The Labute approximate surface area is 142 Å². The van der Waals surface area contributed by atoms with Crippen LogP contribution in [0.25, 0.3) is 10.8 Å². The van der Waals surface area contributed by atoms with Gasteiger partial charge in [0.05, 0.1) is 0 Å². The molecule has 1 unspecified atom stereocenters. The highest BCUT2D eigenvalue weighted by Gasteiger charge is 2.21. The van der Waals surface area contributed by atoms with Crippen LogP contribution in [-0.4, -0.2) is 0 Å². The van der Waals surface area contributed by atoms with Crippen LogP contribution in [0.5, 0.6) is 0 Å². The molecule has 1 atom stereocenters. The summed E-state index contributed by atoms with van der Waals surface area (Å²) >= 11 is 0. The molecule has 0 aromatic heterocycles. The predicted molar refractivity (Wildman–Crippen MR) is 102 cm³/mol. The zero-order chi connectivity index (χ0) is 16.2. The van der Waals surface area contributed by atoms with Gasteiger partial charge in [-0.15, -0.1) is 0 Å². The number of aryl methyl sites for hydroxylation is 1. The van der Waals surface area contributed by atoms with Gasteiger partial charge in [0.1, 0.15) is 0 Å². The van der Waals surface area contributed by atoms with Crippen LogP contribution in [0.3, 0.4) is 0 Å². The van der Waals surface area contributed by atoms with Gasteiger partial charge in [0.25, 0.3) is 0 Å². The lowest BCUT2D eigenvalue weighted by molar-refractivity contribution is 0.246. The minimum absolute atomic E-state index is 0.783. The van der Waals surface area contributed by atoms with E-state index in [9.17, 15) is 0 Å². The summed E-state index contributed by atoms with van der Waals surface area (Å²) in [5, 5.41) is 2.77. The molecule has 1 saturated carbocycles. The molecule has 0 aliphatic heterocycles. The standard InChI is InChI=1S/C23H32/c1-17(2)23(14-19-7-5-4-6-8-19)16-20-10-12-21-13-18(3)9-11-22(21)15-20/h9-13,15,17,19,23H,4-8,14,16H2,1-3H3. The van der Waals surface area contributed by atoms with Gasteiger partial charge in [-0.2, -0.15) is 0 Å². The van der Waals surface area contributed by atoms with E-state index in [1.807, 2.05) is 0 Å². The van der Waals surface area contributed by atoms with Crippen LogP contribution in [0.4, 0.5) is 0 Å². The van der Waals surface area contributed by atoms with Crippen LogP contribution in [0.15, 0.2) is 36.4 Å². The van der Waals surface area contributed by atoms with E-state index in [2.05, 4.69) is 57.2 Å². The molecule has 1 fully saturated rings. The monoisotopic (exact) mass is 308 g/mol. The molecular weight excluding hydrogens is 276 g/mol. The lowest BCUT2D eigenvalue weighted by atomic mass is 9.77. The largest absolute Gasteiger partial charge is 0.0625 e. The number of hydrogen-bond donors (Lipinski definition) is 0. The fourth-order valence-electron chi connectivity index (χ4n) is 4.29. The molecule has 0 amide bonds. The zero-order valence-electron chi connectivity index (χ0n) is 15.1.